The summed E-state index contributed by atoms with van der Waals surface area (Å²) in [6.45, 7) is 4.41. The number of hydrogen-bond donors (Lipinski definition) is 1. The number of aryl methyl sites for hydroxylation is 1. The monoisotopic (exact) mass is 227 g/mol. The average molecular weight is 227 g/mol. The Morgan fingerprint density at radius 2 is 2.36 bits per heavy atom. The lowest BCUT2D eigenvalue weighted by Crippen LogP contribution is -2.25. The molecule has 0 unspecified atom stereocenters. The smallest absolute Gasteiger partial charge is 0.0302 e. The van der Waals surface area contributed by atoms with E-state index in [0.717, 1.165) is 6.54 Å². The van der Waals surface area contributed by atoms with Crippen LogP contribution in [-0.4, -0.2) is 17.5 Å². The maximum atomic E-state index is 3.57. The second-order valence-corrected chi connectivity index (χ2v) is 6.29. The first-order chi connectivity index (χ1) is 6.76. The van der Waals surface area contributed by atoms with Crippen LogP contribution in [0.1, 0.15) is 23.3 Å². The Kier molecular flexibility index (Phi) is 3.20. The molecular formula is C11H17NS2. The topological polar surface area (TPSA) is 12.0 Å². The van der Waals surface area contributed by atoms with Gasteiger partial charge in [0.15, 0.2) is 0 Å². The number of rotatable bonds is 5. The van der Waals surface area contributed by atoms with Crippen molar-refractivity contribution < 1.29 is 0 Å². The van der Waals surface area contributed by atoms with E-state index < -0.39 is 0 Å². The second-order valence-electron chi connectivity index (χ2n) is 4.02. The zero-order valence-electron chi connectivity index (χ0n) is 8.80. The third-order valence-electron chi connectivity index (χ3n) is 2.94. The van der Waals surface area contributed by atoms with Gasteiger partial charge in [0.25, 0.3) is 0 Å². The van der Waals surface area contributed by atoms with E-state index in [9.17, 15) is 0 Å². The average Bonchev–Trinajstić information content (AvgIpc) is 2.86. The highest BCUT2D eigenvalue weighted by molar-refractivity contribution is 8.00. The van der Waals surface area contributed by atoms with E-state index in [1.165, 1.54) is 29.8 Å². The van der Waals surface area contributed by atoms with Gasteiger partial charge in [-0.2, -0.15) is 11.8 Å². The van der Waals surface area contributed by atoms with Crippen LogP contribution in [0, 0.1) is 6.92 Å². The lowest BCUT2D eigenvalue weighted by molar-refractivity contribution is 0.667. The molecule has 1 nitrogen and oxygen atoms in total. The molecule has 1 aromatic heterocycles. The standard InChI is InChI=1S/C11H17NS2/c1-9-3-6-14-10(9)7-12-8-11(13-2)4-5-11/h3,6,12H,4-5,7-8H2,1-2H3. The quantitative estimate of drug-likeness (QED) is 0.830. The molecule has 78 valence electrons. The van der Waals surface area contributed by atoms with Crippen LogP contribution in [0.2, 0.25) is 0 Å². The Balaban J connectivity index is 1.76. The van der Waals surface area contributed by atoms with Gasteiger partial charge in [0, 0.05) is 22.7 Å². The summed E-state index contributed by atoms with van der Waals surface area (Å²) in [7, 11) is 0. The predicted molar refractivity (Wildman–Crippen MR) is 66.2 cm³/mol. The second kappa shape index (κ2) is 4.25. The summed E-state index contributed by atoms with van der Waals surface area (Å²) in [5.74, 6) is 0. The van der Waals surface area contributed by atoms with Gasteiger partial charge in [0.1, 0.15) is 0 Å². The van der Waals surface area contributed by atoms with Gasteiger partial charge in [-0.15, -0.1) is 11.3 Å². The van der Waals surface area contributed by atoms with Crippen molar-refractivity contribution in [3.63, 3.8) is 0 Å². The molecule has 0 bridgehead atoms. The van der Waals surface area contributed by atoms with Gasteiger partial charge in [-0.3, -0.25) is 0 Å². The van der Waals surface area contributed by atoms with Crippen molar-refractivity contribution in [1.29, 1.82) is 0 Å². The molecule has 0 atom stereocenters. The van der Waals surface area contributed by atoms with Gasteiger partial charge in [-0.1, -0.05) is 0 Å². The van der Waals surface area contributed by atoms with Crippen LogP contribution in [0.25, 0.3) is 0 Å². The summed E-state index contributed by atoms with van der Waals surface area (Å²) in [4.78, 5) is 1.49. The Morgan fingerprint density at radius 3 is 2.86 bits per heavy atom. The van der Waals surface area contributed by atoms with Crippen molar-refractivity contribution in [3.05, 3.63) is 21.9 Å². The van der Waals surface area contributed by atoms with Crippen LogP contribution in [0.15, 0.2) is 11.4 Å². The Bertz CT molecular complexity index is 302. The molecule has 1 fully saturated rings. The normalized spacial score (nSPS) is 18.4. The molecule has 0 spiro atoms. The molecule has 1 aliphatic rings. The Morgan fingerprint density at radius 1 is 1.57 bits per heavy atom. The molecule has 0 radical (unpaired) electrons. The lowest BCUT2D eigenvalue weighted by atomic mass is 10.3. The van der Waals surface area contributed by atoms with Crippen LogP contribution >= 0.6 is 23.1 Å². The highest BCUT2D eigenvalue weighted by Crippen LogP contribution is 2.46. The first-order valence-corrected chi connectivity index (χ1v) is 7.15. The molecule has 1 N–H and O–H groups in total. The number of nitrogens with one attached hydrogen (secondary N) is 1. The molecule has 0 amide bonds. The third kappa shape index (κ3) is 2.33. The molecule has 0 saturated heterocycles. The molecule has 1 heterocycles. The minimum Gasteiger partial charge on any atom is -0.310 e. The van der Waals surface area contributed by atoms with Crippen LogP contribution in [0.3, 0.4) is 0 Å². The minimum absolute atomic E-state index is 0.588. The van der Waals surface area contributed by atoms with E-state index in [4.69, 9.17) is 0 Å². The van der Waals surface area contributed by atoms with Crippen molar-refractivity contribution >= 4 is 23.1 Å². The first-order valence-electron chi connectivity index (χ1n) is 5.05. The van der Waals surface area contributed by atoms with Gasteiger partial charge in [0.05, 0.1) is 0 Å². The molecule has 1 aromatic rings. The van der Waals surface area contributed by atoms with Gasteiger partial charge < -0.3 is 5.32 Å². The summed E-state index contributed by atoms with van der Waals surface area (Å²) in [5, 5.41) is 5.75. The van der Waals surface area contributed by atoms with Gasteiger partial charge in [-0.05, 0) is 43.0 Å². The van der Waals surface area contributed by atoms with E-state index >= 15 is 0 Å². The number of hydrogen-bond acceptors (Lipinski definition) is 3. The van der Waals surface area contributed by atoms with E-state index in [1.807, 2.05) is 23.1 Å². The molecule has 1 saturated carbocycles. The van der Waals surface area contributed by atoms with Gasteiger partial charge in [-0.25, -0.2) is 0 Å². The molecule has 14 heavy (non-hydrogen) atoms. The molecular weight excluding hydrogens is 210 g/mol. The van der Waals surface area contributed by atoms with Crippen molar-refractivity contribution in [2.75, 3.05) is 12.8 Å². The highest BCUT2D eigenvalue weighted by atomic mass is 32.2. The van der Waals surface area contributed by atoms with Crippen LogP contribution in [0.4, 0.5) is 0 Å². The summed E-state index contributed by atoms with van der Waals surface area (Å²) in [5.41, 5.74) is 1.43. The summed E-state index contributed by atoms with van der Waals surface area (Å²) >= 11 is 3.88. The van der Waals surface area contributed by atoms with Gasteiger partial charge >= 0.3 is 0 Å². The molecule has 1 aliphatic carbocycles. The largest absolute Gasteiger partial charge is 0.310 e. The fourth-order valence-corrected chi connectivity index (χ4v) is 3.21. The van der Waals surface area contributed by atoms with E-state index in [0.29, 0.717) is 4.75 Å². The fourth-order valence-electron chi connectivity index (χ4n) is 1.58. The maximum absolute atomic E-state index is 3.57. The molecule has 2 rings (SSSR count). The number of thioether (sulfide) groups is 1. The minimum atomic E-state index is 0.588. The van der Waals surface area contributed by atoms with Crippen molar-refractivity contribution in [3.8, 4) is 0 Å². The van der Waals surface area contributed by atoms with Crippen LogP contribution in [-0.2, 0) is 6.54 Å². The Hall–Kier alpha value is 0.0100. The third-order valence-corrected chi connectivity index (χ3v) is 5.38. The zero-order valence-corrected chi connectivity index (χ0v) is 10.4. The highest BCUT2D eigenvalue weighted by Gasteiger charge is 2.41. The number of thiophene rings is 1. The molecule has 0 aliphatic heterocycles. The molecule has 3 heteroatoms. The van der Waals surface area contributed by atoms with Crippen molar-refractivity contribution in [2.24, 2.45) is 0 Å². The van der Waals surface area contributed by atoms with E-state index in [1.54, 1.807) is 0 Å². The lowest BCUT2D eigenvalue weighted by Gasteiger charge is -2.12. The summed E-state index contributed by atoms with van der Waals surface area (Å²) in [6, 6.07) is 2.20. The van der Waals surface area contributed by atoms with Crippen LogP contribution in [0.5, 0.6) is 0 Å². The van der Waals surface area contributed by atoms with Crippen molar-refractivity contribution in [2.45, 2.75) is 31.1 Å². The Labute approximate surface area is 94.3 Å². The van der Waals surface area contributed by atoms with E-state index in [2.05, 4.69) is 29.9 Å². The van der Waals surface area contributed by atoms with Crippen molar-refractivity contribution in [1.82, 2.24) is 5.32 Å². The zero-order chi connectivity index (χ0) is 10.0. The predicted octanol–water partition coefficient (Wildman–Crippen LogP) is 3.04. The maximum Gasteiger partial charge on any atom is 0.0302 e. The van der Waals surface area contributed by atoms with Crippen LogP contribution < -0.4 is 5.32 Å². The molecule has 0 aromatic carbocycles. The van der Waals surface area contributed by atoms with E-state index in [-0.39, 0.29) is 0 Å². The summed E-state index contributed by atoms with van der Waals surface area (Å²) < 4.78 is 0.588. The first kappa shape index (κ1) is 10.5. The summed E-state index contributed by atoms with van der Waals surface area (Å²) in [6.07, 6.45) is 5.01. The van der Waals surface area contributed by atoms with Gasteiger partial charge in [0.2, 0.25) is 0 Å². The fraction of sp³-hybridized carbons (Fsp3) is 0.636. The SMILES string of the molecule is CSC1(CNCc2sccc2C)CC1.